The first-order chi connectivity index (χ1) is 12.1. The molecule has 5 heteroatoms. The van der Waals surface area contributed by atoms with Crippen LogP contribution in [0.15, 0.2) is 43.0 Å². The number of nitrogens with zero attached hydrogens (tertiary/aromatic N) is 2. The average Bonchev–Trinajstić information content (AvgIpc) is 2.67. The minimum Gasteiger partial charge on any atom is -0.393 e. The summed E-state index contributed by atoms with van der Waals surface area (Å²) >= 11 is 0. The summed E-state index contributed by atoms with van der Waals surface area (Å²) < 4.78 is 0. The molecular formula is C20H26N2O3. The monoisotopic (exact) mass is 342 g/mol. The molecule has 1 aromatic carbocycles. The van der Waals surface area contributed by atoms with Crippen molar-refractivity contribution in [1.82, 2.24) is 9.80 Å². The molecule has 1 aromatic rings. The molecule has 2 aliphatic rings. The summed E-state index contributed by atoms with van der Waals surface area (Å²) in [5, 5.41) is 10.1. The van der Waals surface area contributed by atoms with Gasteiger partial charge in [0.25, 0.3) is 0 Å². The fraction of sp³-hybridized carbons (Fsp3) is 0.500. The molecule has 2 aliphatic heterocycles. The first kappa shape index (κ1) is 17.7. The van der Waals surface area contributed by atoms with E-state index < -0.39 is 0 Å². The predicted octanol–water partition coefficient (Wildman–Crippen LogP) is 2.14. The first-order valence-corrected chi connectivity index (χ1v) is 9.05. The quantitative estimate of drug-likeness (QED) is 0.856. The van der Waals surface area contributed by atoms with Crippen LogP contribution in [0.3, 0.4) is 0 Å². The molecule has 0 aliphatic carbocycles. The van der Waals surface area contributed by atoms with E-state index >= 15 is 0 Å². The van der Waals surface area contributed by atoms with Gasteiger partial charge in [-0.2, -0.15) is 0 Å². The maximum Gasteiger partial charge on any atom is 0.245 e. The molecule has 5 nitrogen and oxygen atoms in total. The van der Waals surface area contributed by atoms with Crippen molar-refractivity contribution in [3.8, 4) is 0 Å². The molecular weight excluding hydrogens is 316 g/mol. The number of hydrogen-bond donors (Lipinski definition) is 1. The molecule has 0 bridgehead atoms. The number of amides is 2. The van der Waals surface area contributed by atoms with Gasteiger partial charge in [-0.15, -0.1) is 0 Å². The lowest BCUT2D eigenvalue weighted by molar-refractivity contribution is -0.144. The second kappa shape index (κ2) is 7.83. The zero-order chi connectivity index (χ0) is 17.8. The summed E-state index contributed by atoms with van der Waals surface area (Å²) in [7, 11) is 0. The van der Waals surface area contributed by atoms with E-state index in [1.807, 2.05) is 35.2 Å². The van der Waals surface area contributed by atoms with E-state index in [0.29, 0.717) is 32.5 Å². The number of piperidine rings is 2. The van der Waals surface area contributed by atoms with Crippen LogP contribution in [-0.4, -0.2) is 52.5 Å². The van der Waals surface area contributed by atoms with E-state index in [4.69, 9.17) is 0 Å². The van der Waals surface area contributed by atoms with Crippen molar-refractivity contribution in [2.45, 2.75) is 37.8 Å². The Bertz CT molecular complexity index is 631. The molecule has 134 valence electrons. The number of carbonyl (C=O) groups excluding carboxylic acids is 2. The smallest absolute Gasteiger partial charge is 0.245 e. The molecule has 0 spiro atoms. The SMILES string of the molecule is C=CC(=O)N1CCCC(C(=O)N2CC[C@@H](O)C[C@H]2c2ccccc2)C1. The second-order valence-electron chi connectivity index (χ2n) is 6.96. The lowest BCUT2D eigenvalue weighted by Gasteiger charge is -2.41. The molecule has 3 rings (SSSR count). The van der Waals surface area contributed by atoms with Crippen molar-refractivity contribution in [2.75, 3.05) is 19.6 Å². The van der Waals surface area contributed by atoms with Gasteiger partial charge in [0.1, 0.15) is 0 Å². The number of carbonyl (C=O) groups is 2. The summed E-state index contributed by atoms with van der Waals surface area (Å²) in [4.78, 5) is 28.7. The molecule has 1 N–H and O–H groups in total. The van der Waals surface area contributed by atoms with Crippen molar-refractivity contribution in [3.05, 3.63) is 48.6 Å². The molecule has 3 atom stereocenters. The van der Waals surface area contributed by atoms with Crippen LogP contribution in [0.4, 0.5) is 0 Å². The summed E-state index contributed by atoms with van der Waals surface area (Å²) in [6.45, 7) is 5.25. The maximum absolute atomic E-state index is 13.2. The van der Waals surface area contributed by atoms with E-state index in [1.165, 1.54) is 6.08 Å². The molecule has 2 saturated heterocycles. The Morgan fingerprint density at radius 2 is 1.92 bits per heavy atom. The van der Waals surface area contributed by atoms with Gasteiger partial charge in [0.2, 0.25) is 11.8 Å². The third-order valence-electron chi connectivity index (χ3n) is 5.30. The summed E-state index contributed by atoms with van der Waals surface area (Å²) in [5.74, 6) is -0.174. The molecule has 25 heavy (non-hydrogen) atoms. The molecule has 0 aromatic heterocycles. The van der Waals surface area contributed by atoms with Gasteiger partial charge in [-0.1, -0.05) is 36.9 Å². The van der Waals surface area contributed by atoms with Crippen molar-refractivity contribution < 1.29 is 14.7 Å². The minimum atomic E-state index is -0.376. The Morgan fingerprint density at radius 1 is 1.16 bits per heavy atom. The number of aliphatic hydroxyl groups is 1. The number of hydrogen-bond acceptors (Lipinski definition) is 3. The van der Waals surface area contributed by atoms with Crippen LogP contribution in [0.25, 0.3) is 0 Å². The Balaban J connectivity index is 1.76. The van der Waals surface area contributed by atoms with Crippen LogP contribution >= 0.6 is 0 Å². The molecule has 0 saturated carbocycles. The first-order valence-electron chi connectivity index (χ1n) is 9.05. The number of benzene rings is 1. The van der Waals surface area contributed by atoms with Crippen LogP contribution < -0.4 is 0 Å². The van der Waals surface area contributed by atoms with Gasteiger partial charge in [-0.05, 0) is 37.3 Å². The van der Waals surface area contributed by atoms with Crippen molar-refractivity contribution in [2.24, 2.45) is 5.92 Å². The van der Waals surface area contributed by atoms with Gasteiger partial charge in [0, 0.05) is 19.6 Å². The van der Waals surface area contributed by atoms with Gasteiger partial charge in [-0.25, -0.2) is 0 Å². The third-order valence-corrected chi connectivity index (χ3v) is 5.30. The summed E-state index contributed by atoms with van der Waals surface area (Å²) in [5.41, 5.74) is 1.06. The highest BCUT2D eigenvalue weighted by molar-refractivity contribution is 5.88. The third kappa shape index (κ3) is 3.93. The van der Waals surface area contributed by atoms with Gasteiger partial charge in [0.15, 0.2) is 0 Å². The molecule has 0 radical (unpaired) electrons. The maximum atomic E-state index is 13.2. The Morgan fingerprint density at radius 3 is 2.64 bits per heavy atom. The van der Waals surface area contributed by atoms with Crippen molar-refractivity contribution in [1.29, 1.82) is 0 Å². The van der Waals surface area contributed by atoms with Gasteiger partial charge < -0.3 is 14.9 Å². The molecule has 2 heterocycles. The van der Waals surface area contributed by atoms with Gasteiger partial charge in [-0.3, -0.25) is 9.59 Å². The predicted molar refractivity (Wildman–Crippen MR) is 95.6 cm³/mol. The largest absolute Gasteiger partial charge is 0.393 e. The lowest BCUT2D eigenvalue weighted by atomic mass is 9.90. The topological polar surface area (TPSA) is 60.9 Å². The Labute approximate surface area is 148 Å². The van der Waals surface area contributed by atoms with Gasteiger partial charge in [0.05, 0.1) is 18.1 Å². The van der Waals surface area contributed by atoms with E-state index in [2.05, 4.69) is 6.58 Å². The van der Waals surface area contributed by atoms with Crippen LogP contribution in [0, 0.1) is 5.92 Å². The van der Waals surface area contributed by atoms with Crippen LogP contribution in [0.2, 0.25) is 0 Å². The Hall–Kier alpha value is -2.14. The number of likely N-dealkylation sites (tertiary alicyclic amines) is 2. The zero-order valence-electron chi connectivity index (χ0n) is 14.5. The highest BCUT2D eigenvalue weighted by atomic mass is 16.3. The standard InChI is InChI=1S/C20H26N2O3/c1-2-19(24)21-11-6-9-16(14-21)20(25)22-12-10-17(23)13-18(22)15-7-4-3-5-8-15/h2-5,7-8,16-18,23H,1,6,9-14H2/t16?,17-,18+/m1/s1. The fourth-order valence-corrected chi connectivity index (χ4v) is 3.94. The van der Waals surface area contributed by atoms with E-state index in [9.17, 15) is 14.7 Å². The zero-order valence-corrected chi connectivity index (χ0v) is 14.5. The van der Waals surface area contributed by atoms with Crippen LogP contribution in [-0.2, 0) is 9.59 Å². The van der Waals surface area contributed by atoms with E-state index in [0.717, 1.165) is 18.4 Å². The van der Waals surface area contributed by atoms with E-state index in [1.54, 1.807) is 4.90 Å². The normalized spacial score (nSPS) is 27.0. The van der Waals surface area contributed by atoms with E-state index in [-0.39, 0.29) is 29.9 Å². The van der Waals surface area contributed by atoms with Crippen molar-refractivity contribution >= 4 is 11.8 Å². The molecule has 1 unspecified atom stereocenters. The van der Waals surface area contributed by atoms with Gasteiger partial charge >= 0.3 is 0 Å². The highest BCUT2D eigenvalue weighted by Gasteiger charge is 2.37. The minimum absolute atomic E-state index is 0.0945. The second-order valence-corrected chi connectivity index (χ2v) is 6.96. The highest BCUT2D eigenvalue weighted by Crippen LogP contribution is 2.33. The summed E-state index contributed by atoms with van der Waals surface area (Å²) in [6.07, 6.45) is 3.76. The lowest BCUT2D eigenvalue weighted by Crippen LogP contribution is -2.49. The molecule has 2 amide bonds. The molecule has 2 fully saturated rings. The Kier molecular flexibility index (Phi) is 5.53. The average molecular weight is 342 g/mol. The van der Waals surface area contributed by atoms with Crippen LogP contribution in [0.1, 0.15) is 37.3 Å². The fourth-order valence-electron chi connectivity index (χ4n) is 3.94. The van der Waals surface area contributed by atoms with Crippen LogP contribution in [0.5, 0.6) is 0 Å². The summed E-state index contributed by atoms with van der Waals surface area (Å²) in [6, 6.07) is 9.81. The number of rotatable bonds is 3. The van der Waals surface area contributed by atoms with Crippen molar-refractivity contribution in [3.63, 3.8) is 0 Å². The number of aliphatic hydroxyl groups excluding tert-OH is 1.